The van der Waals surface area contributed by atoms with Gasteiger partial charge in [-0.1, -0.05) is 53.3 Å². The Morgan fingerprint density at radius 1 is 0.917 bits per heavy atom. The lowest BCUT2D eigenvalue weighted by Crippen LogP contribution is -2.46. The van der Waals surface area contributed by atoms with Gasteiger partial charge in [0.25, 0.3) is 0 Å². The number of benzene rings is 3. The molecule has 1 unspecified atom stereocenters. The Bertz CT molecular complexity index is 1310. The molecule has 0 spiro atoms. The molecule has 0 saturated heterocycles. The number of halogens is 1. The SMILES string of the molecule is CN(C)c1ccc(-c2nnc(NC(=O)C(Cc3ccccc3)NC(=O)Nc3ccc(Cl)cc3)s2)cc1. The topological polar surface area (TPSA) is 99.2 Å². The average molecular weight is 521 g/mol. The second kappa shape index (κ2) is 11.7. The summed E-state index contributed by atoms with van der Waals surface area (Å²) in [4.78, 5) is 27.8. The summed E-state index contributed by atoms with van der Waals surface area (Å²) in [7, 11) is 3.95. The zero-order chi connectivity index (χ0) is 25.5. The van der Waals surface area contributed by atoms with Gasteiger partial charge in [0.1, 0.15) is 11.0 Å². The van der Waals surface area contributed by atoms with E-state index in [1.807, 2.05) is 73.6 Å². The van der Waals surface area contributed by atoms with E-state index in [4.69, 9.17) is 11.6 Å². The van der Waals surface area contributed by atoms with Crippen LogP contribution in [0.3, 0.4) is 0 Å². The molecule has 0 radical (unpaired) electrons. The van der Waals surface area contributed by atoms with E-state index in [-0.39, 0.29) is 0 Å². The van der Waals surface area contributed by atoms with Gasteiger partial charge in [0.2, 0.25) is 11.0 Å². The van der Waals surface area contributed by atoms with Crippen molar-refractivity contribution in [2.75, 3.05) is 29.6 Å². The highest BCUT2D eigenvalue weighted by atomic mass is 35.5. The fourth-order valence-corrected chi connectivity index (χ4v) is 4.28. The molecule has 0 aliphatic carbocycles. The Labute approximate surface area is 218 Å². The quantitative estimate of drug-likeness (QED) is 0.293. The van der Waals surface area contributed by atoms with E-state index in [1.165, 1.54) is 11.3 Å². The normalized spacial score (nSPS) is 11.4. The Morgan fingerprint density at radius 3 is 2.28 bits per heavy atom. The molecule has 4 rings (SSSR count). The first-order chi connectivity index (χ1) is 17.4. The van der Waals surface area contributed by atoms with Gasteiger partial charge in [-0.05, 0) is 54.1 Å². The maximum atomic E-state index is 13.2. The Balaban J connectivity index is 1.46. The summed E-state index contributed by atoms with van der Waals surface area (Å²) in [5.41, 5.74) is 3.44. The summed E-state index contributed by atoms with van der Waals surface area (Å²) in [5, 5.41) is 18.2. The first kappa shape index (κ1) is 25.2. The highest BCUT2D eigenvalue weighted by Gasteiger charge is 2.23. The summed E-state index contributed by atoms with van der Waals surface area (Å²) in [6, 6.07) is 22.7. The number of urea groups is 1. The van der Waals surface area contributed by atoms with Gasteiger partial charge in [-0.2, -0.15) is 0 Å². The molecule has 0 aliphatic rings. The molecule has 3 amide bonds. The van der Waals surface area contributed by atoms with Gasteiger partial charge in [0, 0.05) is 42.5 Å². The number of hydrogen-bond donors (Lipinski definition) is 3. The average Bonchev–Trinajstić information content (AvgIpc) is 3.34. The van der Waals surface area contributed by atoms with Crippen molar-refractivity contribution in [1.29, 1.82) is 0 Å². The van der Waals surface area contributed by atoms with Gasteiger partial charge in [0.15, 0.2) is 0 Å². The molecule has 0 saturated carbocycles. The van der Waals surface area contributed by atoms with Gasteiger partial charge in [0.05, 0.1) is 0 Å². The molecule has 10 heteroatoms. The third-order valence-electron chi connectivity index (χ3n) is 5.29. The van der Waals surface area contributed by atoms with E-state index in [1.54, 1.807) is 24.3 Å². The van der Waals surface area contributed by atoms with E-state index in [0.717, 1.165) is 16.8 Å². The summed E-state index contributed by atoms with van der Waals surface area (Å²) in [6.45, 7) is 0. The second-order valence-corrected chi connectivity index (χ2v) is 9.60. The maximum absolute atomic E-state index is 13.2. The molecule has 0 bridgehead atoms. The first-order valence-electron chi connectivity index (χ1n) is 11.2. The van der Waals surface area contributed by atoms with Crippen molar-refractivity contribution in [3.8, 4) is 10.6 Å². The van der Waals surface area contributed by atoms with Crippen LogP contribution >= 0.6 is 22.9 Å². The van der Waals surface area contributed by atoms with Crippen molar-refractivity contribution >= 4 is 51.4 Å². The van der Waals surface area contributed by atoms with Crippen molar-refractivity contribution in [2.24, 2.45) is 0 Å². The van der Waals surface area contributed by atoms with Crippen molar-refractivity contribution in [2.45, 2.75) is 12.5 Å². The predicted molar refractivity (Wildman–Crippen MR) is 146 cm³/mol. The summed E-state index contributed by atoms with van der Waals surface area (Å²) in [5.74, 6) is -0.393. The lowest BCUT2D eigenvalue weighted by molar-refractivity contribution is -0.117. The fraction of sp³-hybridized carbons (Fsp3) is 0.154. The van der Waals surface area contributed by atoms with Crippen LogP contribution in [0.4, 0.5) is 21.3 Å². The van der Waals surface area contributed by atoms with Crippen LogP contribution in [0.5, 0.6) is 0 Å². The van der Waals surface area contributed by atoms with Crippen molar-refractivity contribution < 1.29 is 9.59 Å². The molecule has 8 nitrogen and oxygen atoms in total. The van der Waals surface area contributed by atoms with Crippen molar-refractivity contribution in [3.63, 3.8) is 0 Å². The number of carbonyl (C=O) groups excluding carboxylic acids is 2. The first-order valence-corrected chi connectivity index (χ1v) is 12.4. The van der Waals surface area contributed by atoms with E-state index >= 15 is 0 Å². The number of nitrogens with zero attached hydrogens (tertiary/aromatic N) is 3. The van der Waals surface area contributed by atoms with E-state index in [0.29, 0.717) is 27.3 Å². The highest BCUT2D eigenvalue weighted by Crippen LogP contribution is 2.28. The van der Waals surface area contributed by atoms with Crippen LogP contribution in [0.25, 0.3) is 10.6 Å². The molecule has 184 valence electrons. The Hall–Kier alpha value is -3.95. The van der Waals surface area contributed by atoms with Crippen LogP contribution in [0.15, 0.2) is 78.9 Å². The lowest BCUT2D eigenvalue weighted by atomic mass is 10.1. The van der Waals surface area contributed by atoms with Gasteiger partial charge in [-0.15, -0.1) is 10.2 Å². The van der Waals surface area contributed by atoms with Crippen LogP contribution in [0.1, 0.15) is 5.56 Å². The van der Waals surface area contributed by atoms with E-state index in [9.17, 15) is 9.59 Å². The van der Waals surface area contributed by atoms with Gasteiger partial charge >= 0.3 is 6.03 Å². The molecular weight excluding hydrogens is 496 g/mol. The van der Waals surface area contributed by atoms with E-state index in [2.05, 4.69) is 26.1 Å². The van der Waals surface area contributed by atoms with Crippen LogP contribution in [0.2, 0.25) is 5.02 Å². The zero-order valence-corrected chi connectivity index (χ0v) is 21.3. The zero-order valence-electron chi connectivity index (χ0n) is 19.7. The lowest BCUT2D eigenvalue weighted by Gasteiger charge is -2.18. The molecule has 3 N–H and O–H groups in total. The molecule has 1 atom stereocenters. The third kappa shape index (κ3) is 6.80. The third-order valence-corrected chi connectivity index (χ3v) is 6.43. The number of amides is 3. The molecule has 4 aromatic rings. The summed E-state index contributed by atoms with van der Waals surface area (Å²) < 4.78 is 0. The molecular formula is C26H25ClN6O2S. The second-order valence-electron chi connectivity index (χ2n) is 8.19. The number of nitrogens with one attached hydrogen (secondary N) is 3. The minimum absolute atomic E-state index is 0.304. The molecule has 36 heavy (non-hydrogen) atoms. The number of rotatable bonds is 8. The molecule has 0 aliphatic heterocycles. The molecule has 0 fully saturated rings. The highest BCUT2D eigenvalue weighted by molar-refractivity contribution is 7.18. The van der Waals surface area contributed by atoms with Crippen LogP contribution in [-0.2, 0) is 11.2 Å². The van der Waals surface area contributed by atoms with Gasteiger partial charge in [-0.25, -0.2) is 4.79 Å². The smallest absolute Gasteiger partial charge is 0.319 e. The molecule has 3 aromatic carbocycles. The maximum Gasteiger partial charge on any atom is 0.319 e. The summed E-state index contributed by atoms with van der Waals surface area (Å²) in [6.07, 6.45) is 0.304. The van der Waals surface area contributed by atoms with Gasteiger partial charge in [-0.3, -0.25) is 10.1 Å². The van der Waals surface area contributed by atoms with Crippen LogP contribution in [0, 0.1) is 0 Å². The number of aromatic nitrogens is 2. The molecule has 1 aromatic heterocycles. The molecule has 1 heterocycles. The summed E-state index contributed by atoms with van der Waals surface area (Å²) >= 11 is 7.17. The Kier molecular flexibility index (Phi) is 8.14. The minimum atomic E-state index is -0.841. The van der Waals surface area contributed by atoms with Gasteiger partial charge < -0.3 is 15.5 Å². The van der Waals surface area contributed by atoms with Crippen molar-refractivity contribution in [1.82, 2.24) is 15.5 Å². The predicted octanol–water partition coefficient (Wildman–Crippen LogP) is 5.30. The number of carbonyl (C=O) groups is 2. The standard InChI is InChI=1S/C26H25ClN6O2S/c1-33(2)21-14-8-18(9-15-21)24-31-32-26(36-24)30-23(34)22(16-17-6-4-3-5-7-17)29-25(35)28-20-12-10-19(27)11-13-20/h3-15,22H,16H2,1-2H3,(H2,28,29,35)(H,30,32,34). The number of hydrogen-bond acceptors (Lipinski definition) is 6. The fourth-order valence-electron chi connectivity index (χ4n) is 3.40. The van der Waals surface area contributed by atoms with Crippen LogP contribution < -0.4 is 20.9 Å². The van der Waals surface area contributed by atoms with Crippen molar-refractivity contribution in [3.05, 3.63) is 89.4 Å². The number of anilines is 3. The van der Waals surface area contributed by atoms with Crippen LogP contribution in [-0.4, -0.2) is 42.3 Å². The Morgan fingerprint density at radius 2 is 1.61 bits per heavy atom. The van der Waals surface area contributed by atoms with E-state index < -0.39 is 18.0 Å². The minimum Gasteiger partial charge on any atom is -0.378 e. The monoisotopic (exact) mass is 520 g/mol. The largest absolute Gasteiger partial charge is 0.378 e.